The van der Waals surface area contributed by atoms with Crippen molar-refractivity contribution in [1.82, 2.24) is 9.97 Å². The molecule has 0 saturated heterocycles. The maximum atomic E-state index is 4.67. The average molecular weight is 315 g/mol. The topological polar surface area (TPSA) is 28.7 Å². The van der Waals surface area contributed by atoms with Crippen molar-refractivity contribution in [3.05, 3.63) is 63.4 Å². The van der Waals surface area contributed by atoms with Gasteiger partial charge in [0.05, 0.1) is 11.0 Å². The van der Waals surface area contributed by atoms with Crippen molar-refractivity contribution in [2.24, 2.45) is 0 Å². The van der Waals surface area contributed by atoms with E-state index < -0.39 is 0 Å². The van der Waals surface area contributed by atoms with E-state index in [-0.39, 0.29) is 0 Å². The van der Waals surface area contributed by atoms with Crippen LogP contribution in [0.2, 0.25) is 0 Å². The highest BCUT2D eigenvalue weighted by atomic mass is 79.9. The first-order valence-electron chi connectivity index (χ1n) is 6.32. The highest BCUT2D eigenvalue weighted by molar-refractivity contribution is 9.10. The summed E-state index contributed by atoms with van der Waals surface area (Å²) in [5.41, 5.74) is 6.00. The molecule has 1 aromatic heterocycles. The van der Waals surface area contributed by atoms with Crippen molar-refractivity contribution in [2.75, 3.05) is 0 Å². The zero-order chi connectivity index (χ0) is 13.4. The number of halogens is 1. The first kappa shape index (κ1) is 12.4. The van der Waals surface area contributed by atoms with Gasteiger partial charge in [-0.05, 0) is 54.8 Å². The van der Waals surface area contributed by atoms with Crippen LogP contribution in [-0.4, -0.2) is 9.97 Å². The van der Waals surface area contributed by atoms with Gasteiger partial charge < -0.3 is 4.98 Å². The smallest absolute Gasteiger partial charge is 0.111 e. The molecule has 3 heteroatoms. The van der Waals surface area contributed by atoms with E-state index in [1.54, 1.807) is 0 Å². The number of aryl methyl sites for hydroxylation is 2. The minimum absolute atomic E-state index is 0.826. The van der Waals surface area contributed by atoms with Crippen molar-refractivity contribution >= 4 is 27.0 Å². The van der Waals surface area contributed by atoms with E-state index >= 15 is 0 Å². The number of rotatable bonds is 2. The molecule has 0 atom stereocenters. The Morgan fingerprint density at radius 2 is 1.89 bits per heavy atom. The zero-order valence-corrected chi connectivity index (χ0v) is 12.6. The van der Waals surface area contributed by atoms with Crippen LogP contribution in [0.5, 0.6) is 0 Å². The molecule has 0 amide bonds. The number of nitrogens with zero attached hydrogens (tertiary/aromatic N) is 1. The van der Waals surface area contributed by atoms with Gasteiger partial charge in [-0.1, -0.05) is 28.1 Å². The lowest BCUT2D eigenvalue weighted by Crippen LogP contribution is -1.90. The van der Waals surface area contributed by atoms with Gasteiger partial charge in [-0.15, -0.1) is 0 Å². The Balaban J connectivity index is 1.97. The largest absolute Gasteiger partial charge is 0.342 e. The van der Waals surface area contributed by atoms with Gasteiger partial charge in [-0.2, -0.15) is 0 Å². The van der Waals surface area contributed by atoms with Gasteiger partial charge in [0, 0.05) is 10.9 Å². The summed E-state index contributed by atoms with van der Waals surface area (Å²) in [6, 6.07) is 12.6. The maximum absolute atomic E-state index is 4.67. The van der Waals surface area contributed by atoms with Crippen LogP contribution in [0.25, 0.3) is 11.0 Å². The molecule has 2 aromatic carbocycles. The minimum atomic E-state index is 0.826. The van der Waals surface area contributed by atoms with Gasteiger partial charge in [-0.25, -0.2) is 4.98 Å². The fraction of sp³-hybridized carbons (Fsp3) is 0.188. The highest BCUT2D eigenvalue weighted by Crippen LogP contribution is 2.19. The Hall–Kier alpha value is -1.61. The quantitative estimate of drug-likeness (QED) is 0.739. The second-order valence-electron chi connectivity index (χ2n) is 4.94. The number of imidazole rings is 1. The van der Waals surface area contributed by atoms with Gasteiger partial charge in [0.1, 0.15) is 5.82 Å². The number of H-pyrrole nitrogens is 1. The SMILES string of the molecule is Cc1cc2nc(Cc3cccc(Br)c3)[nH]c2cc1C. The van der Waals surface area contributed by atoms with Gasteiger partial charge >= 0.3 is 0 Å². The summed E-state index contributed by atoms with van der Waals surface area (Å²) >= 11 is 3.50. The number of hydrogen-bond acceptors (Lipinski definition) is 1. The van der Waals surface area contributed by atoms with Gasteiger partial charge in [0.25, 0.3) is 0 Å². The molecule has 0 bridgehead atoms. The van der Waals surface area contributed by atoms with Crippen LogP contribution in [0.1, 0.15) is 22.5 Å². The fourth-order valence-electron chi connectivity index (χ4n) is 2.25. The molecule has 0 spiro atoms. The molecule has 1 N–H and O–H groups in total. The molecule has 0 unspecified atom stereocenters. The summed E-state index contributed by atoms with van der Waals surface area (Å²) in [5.74, 6) is 1.01. The van der Waals surface area contributed by atoms with Crippen molar-refractivity contribution in [1.29, 1.82) is 0 Å². The van der Waals surface area contributed by atoms with E-state index in [9.17, 15) is 0 Å². The Kier molecular flexibility index (Phi) is 3.15. The molecule has 3 rings (SSSR count). The predicted molar refractivity (Wildman–Crippen MR) is 82.5 cm³/mol. The molecule has 0 saturated carbocycles. The number of benzene rings is 2. The second kappa shape index (κ2) is 4.82. The van der Waals surface area contributed by atoms with Crippen molar-refractivity contribution in [3.63, 3.8) is 0 Å². The lowest BCUT2D eigenvalue weighted by Gasteiger charge is -1.98. The van der Waals surface area contributed by atoms with Crippen molar-refractivity contribution in [3.8, 4) is 0 Å². The van der Waals surface area contributed by atoms with E-state index in [2.05, 4.69) is 70.1 Å². The van der Waals surface area contributed by atoms with Crippen LogP contribution >= 0.6 is 15.9 Å². The molecular weight excluding hydrogens is 300 g/mol. The molecule has 96 valence electrons. The molecule has 0 fully saturated rings. The first-order valence-corrected chi connectivity index (χ1v) is 7.11. The minimum Gasteiger partial charge on any atom is -0.342 e. The summed E-state index contributed by atoms with van der Waals surface area (Å²) in [6.07, 6.45) is 0.826. The third-order valence-electron chi connectivity index (χ3n) is 3.41. The van der Waals surface area contributed by atoms with E-state index in [1.165, 1.54) is 16.7 Å². The fourth-order valence-corrected chi connectivity index (χ4v) is 2.69. The third kappa shape index (κ3) is 2.56. The molecule has 0 aliphatic rings. The number of fused-ring (bicyclic) bond motifs is 1. The van der Waals surface area contributed by atoms with Crippen LogP contribution in [-0.2, 0) is 6.42 Å². The standard InChI is InChI=1S/C16H15BrN2/c1-10-6-14-15(7-11(10)2)19-16(18-14)9-12-4-3-5-13(17)8-12/h3-8H,9H2,1-2H3,(H,18,19). The van der Waals surface area contributed by atoms with Crippen LogP contribution < -0.4 is 0 Å². The molecule has 2 nitrogen and oxygen atoms in total. The van der Waals surface area contributed by atoms with Crippen LogP contribution in [0.15, 0.2) is 40.9 Å². The number of aromatic amines is 1. The Labute approximate surface area is 121 Å². The molecule has 0 aliphatic carbocycles. The highest BCUT2D eigenvalue weighted by Gasteiger charge is 2.06. The molecular formula is C16H15BrN2. The van der Waals surface area contributed by atoms with Gasteiger partial charge in [-0.3, -0.25) is 0 Å². The first-order chi connectivity index (χ1) is 9.11. The van der Waals surface area contributed by atoms with Crippen LogP contribution in [0.3, 0.4) is 0 Å². The summed E-state index contributed by atoms with van der Waals surface area (Å²) in [7, 11) is 0. The van der Waals surface area contributed by atoms with Crippen molar-refractivity contribution in [2.45, 2.75) is 20.3 Å². The number of hydrogen-bond donors (Lipinski definition) is 1. The lowest BCUT2D eigenvalue weighted by atomic mass is 10.1. The van der Waals surface area contributed by atoms with Crippen LogP contribution in [0, 0.1) is 13.8 Å². The summed E-state index contributed by atoms with van der Waals surface area (Å²) < 4.78 is 1.10. The molecule has 1 heterocycles. The molecule has 19 heavy (non-hydrogen) atoms. The average Bonchev–Trinajstić information content (AvgIpc) is 2.71. The van der Waals surface area contributed by atoms with Gasteiger partial charge in [0.15, 0.2) is 0 Å². The second-order valence-corrected chi connectivity index (χ2v) is 5.86. The zero-order valence-electron chi connectivity index (χ0n) is 11.0. The third-order valence-corrected chi connectivity index (χ3v) is 3.90. The summed E-state index contributed by atoms with van der Waals surface area (Å²) in [5, 5.41) is 0. The predicted octanol–water partition coefficient (Wildman–Crippen LogP) is 4.53. The monoisotopic (exact) mass is 314 g/mol. The van der Waals surface area contributed by atoms with E-state index in [1.807, 2.05) is 6.07 Å². The Morgan fingerprint density at radius 1 is 1.11 bits per heavy atom. The Morgan fingerprint density at radius 3 is 2.68 bits per heavy atom. The summed E-state index contributed by atoms with van der Waals surface area (Å²) in [4.78, 5) is 8.07. The van der Waals surface area contributed by atoms with E-state index in [4.69, 9.17) is 0 Å². The molecule has 0 radical (unpaired) electrons. The maximum Gasteiger partial charge on any atom is 0.111 e. The van der Waals surface area contributed by atoms with Gasteiger partial charge in [0.2, 0.25) is 0 Å². The summed E-state index contributed by atoms with van der Waals surface area (Å²) in [6.45, 7) is 4.25. The molecule has 0 aliphatic heterocycles. The van der Waals surface area contributed by atoms with Crippen molar-refractivity contribution < 1.29 is 0 Å². The van der Waals surface area contributed by atoms with E-state index in [0.717, 1.165) is 27.8 Å². The normalized spacial score (nSPS) is 11.1. The number of aromatic nitrogens is 2. The Bertz CT molecular complexity index is 705. The van der Waals surface area contributed by atoms with E-state index in [0.29, 0.717) is 0 Å². The van der Waals surface area contributed by atoms with Crippen LogP contribution in [0.4, 0.5) is 0 Å². The molecule has 3 aromatic rings. The number of nitrogens with one attached hydrogen (secondary N) is 1. The lowest BCUT2D eigenvalue weighted by molar-refractivity contribution is 1.04.